The summed E-state index contributed by atoms with van der Waals surface area (Å²) in [5.41, 5.74) is -0.934. The number of aliphatic carboxylic acids is 1. The van der Waals surface area contributed by atoms with E-state index in [1.165, 1.54) is 12.1 Å². The SMILES string of the molecule is O=C(CC1(C(=O)O)CCC1)Nc1cccc(OC(F)(F)F)c1. The van der Waals surface area contributed by atoms with Crippen molar-refractivity contribution in [1.82, 2.24) is 0 Å². The molecule has 5 nitrogen and oxygen atoms in total. The van der Waals surface area contributed by atoms with Gasteiger partial charge in [-0.2, -0.15) is 0 Å². The molecular formula is C14H14F3NO4. The zero-order chi connectivity index (χ0) is 16.4. The van der Waals surface area contributed by atoms with Crippen LogP contribution in [0.2, 0.25) is 0 Å². The maximum Gasteiger partial charge on any atom is 0.573 e. The first-order valence-corrected chi connectivity index (χ1v) is 6.59. The second-order valence-electron chi connectivity index (χ2n) is 5.24. The van der Waals surface area contributed by atoms with Gasteiger partial charge in [0, 0.05) is 18.2 Å². The van der Waals surface area contributed by atoms with Gasteiger partial charge in [-0.05, 0) is 25.0 Å². The first-order valence-electron chi connectivity index (χ1n) is 6.59. The Morgan fingerprint density at radius 2 is 2.00 bits per heavy atom. The molecule has 2 rings (SSSR count). The molecule has 1 fully saturated rings. The number of nitrogens with one attached hydrogen (secondary N) is 1. The molecule has 0 radical (unpaired) electrons. The van der Waals surface area contributed by atoms with Crippen LogP contribution in [0.25, 0.3) is 0 Å². The average Bonchev–Trinajstić information content (AvgIpc) is 2.31. The summed E-state index contributed by atoms with van der Waals surface area (Å²) in [4.78, 5) is 23.1. The molecule has 0 aromatic heterocycles. The van der Waals surface area contributed by atoms with Crippen LogP contribution in [-0.2, 0) is 9.59 Å². The van der Waals surface area contributed by atoms with Crippen molar-refractivity contribution in [3.63, 3.8) is 0 Å². The van der Waals surface area contributed by atoms with Gasteiger partial charge in [0.25, 0.3) is 0 Å². The van der Waals surface area contributed by atoms with Gasteiger partial charge < -0.3 is 15.2 Å². The second kappa shape index (κ2) is 5.86. The number of ether oxygens (including phenoxy) is 1. The number of alkyl halides is 3. The molecule has 120 valence electrons. The number of rotatable bonds is 5. The molecule has 0 aliphatic heterocycles. The van der Waals surface area contributed by atoms with E-state index in [0.29, 0.717) is 12.8 Å². The van der Waals surface area contributed by atoms with Gasteiger partial charge in [-0.25, -0.2) is 0 Å². The van der Waals surface area contributed by atoms with Crippen LogP contribution in [0.3, 0.4) is 0 Å². The molecule has 2 N–H and O–H groups in total. The third-order valence-corrected chi connectivity index (χ3v) is 3.61. The smallest absolute Gasteiger partial charge is 0.481 e. The predicted molar refractivity (Wildman–Crippen MR) is 70.3 cm³/mol. The molecule has 1 aliphatic rings. The first kappa shape index (κ1) is 16.1. The molecule has 0 saturated heterocycles. The van der Waals surface area contributed by atoms with Crippen molar-refractivity contribution < 1.29 is 32.6 Å². The highest BCUT2D eigenvalue weighted by Crippen LogP contribution is 2.44. The Labute approximate surface area is 124 Å². The van der Waals surface area contributed by atoms with Crippen molar-refractivity contribution in [3.8, 4) is 5.75 Å². The number of benzene rings is 1. The van der Waals surface area contributed by atoms with Gasteiger partial charge in [0.15, 0.2) is 0 Å². The number of halogens is 3. The van der Waals surface area contributed by atoms with Gasteiger partial charge in [-0.3, -0.25) is 9.59 Å². The highest BCUT2D eigenvalue weighted by molar-refractivity contribution is 5.94. The van der Waals surface area contributed by atoms with Gasteiger partial charge in [0.05, 0.1) is 5.41 Å². The topological polar surface area (TPSA) is 75.6 Å². The van der Waals surface area contributed by atoms with Crippen LogP contribution in [0.15, 0.2) is 24.3 Å². The van der Waals surface area contributed by atoms with E-state index >= 15 is 0 Å². The fraction of sp³-hybridized carbons (Fsp3) is 0.429. The van der Waals surface area contributed by atoms with Crippen molar-refractivity contribution in [3.05, 3.63) is 24.3 Å². The minimum atomic E-state index is -4.82. The predicted octanol–water partition coefficient (Wildman–Crippen LogP) is 3.17. The molecule has 1 aromatic rings. The number of hydrogen-bond donors (Lipinski definition) is 2. The van der Waals surface area contributed by atoms with E-state index in [4.69, 9.17) is 5.11 Å². The number of carbonyl (C=O) groups is 2. The summed E-state index contributed by atoms with van der Waals surface area (Å²) in [5, 5.41) is 11.5. The van der Waals surface area contributed by atoms with Gasteiger partial charge in [0.1, 0.15) is 5.75 Å². The van der Waals surface area contributed by atoms with Gasteiger partial charge >= 0.3 is 12.3 Å². The highest BCUT2D eigenvalue weighted by atomic mass is 19.4. The van der Waals surface area contributed by atoms with Crippen LogP contribution >= 0.6 is 0 Å². The van der Waals surface area contributed by atoms with Gasteiger partial charge in [-0.1, -0.05) is 12.5 Å². The lowest BCUT2D eigenvalue weighted by atomic mass is 9.66. The number of carboxylic acids is 1. The van der Waals surface area contributed by atoms with Crippen molar-refractivity contribution in [2.75, 3.05) is 5.32 Å². The van der Waals surface area contributed by atoms with E-state index < -0.39 is 29.4 Å². The Kier molecular flexibility index (Phi) is 4.30. The Balaban J connectivity index is 2.00. The Bertz CT molecular complexity index is 582. The van der Waals surface area contributed by atoms with Crippen molar-refractivity contribution in [2.24, 2.45) is 5.41 Å². The van der Waals surface area contributed by atoms with Crippen molar-refractivity contribution in [2.45, 2.75) is 32.0 Å². The summed E-state index contributed by atoms with van der Waals surface area (Å²) in [6.07, 6.45) is -3.43. The number of carbonyl (C=O) groups excluding carboxylic acids is 1. The number of anilines is 1. The minimum Gasteiger partial charge on any atom is -0.481 e. The zero-order valence-corrected chi connectivity index (χ0v) is 11.4. The molecule has 1 saturated carbocycles. The molecule has 8 heteroatoms. The van der Waals surface area contributed by atoms with E-state index in [1.807, 2.05) is 0 Å². The van der Waals surface area contributed by atoms with Crippen molar-refractivity contribution >= 4 is 17.6 Å². The van der Waals surface area contributed by atoms with E-state index in [2.05, 4.69) is 10.1 Å². The Morgan fingerprint density at radius 3 is 2.50 bits per heavy atom. The number of amides is 1. The summed E-state index contributed by atoms with van der Waals surface area (Å²) in [6.45, 7) is 0. The molecule has 0 unspecified atom stereocenters. The normalized spacial score (nSPS) is 16.5. The third-order valence-electron chi connectivity index (χ3n) is 3.61. The van der Waals surface area contributed by atoms with E-state index in [-0.39, 0.29) is 12.1 Å². The first-order chi connectivity index (χ1) is 10.2. The molecule has 1 aliphatic carbocycles. The van der Waals surface area contributed by atoms with Crippen LogP contribution in [0.1, 0.15) is 25.7 Å². The van der Waals surface area contributed by atoms with Crippen molar-refractivity contribution in [1.29, 1.82) is 0 Å². The van der Waals surface area contributed by atoms with Crippen LogP contribution < -0.4 is 10.1 Å². The van der Waals surface area contributed by atoms with Crippen LogP contribution in [0, 0.1) is 5.41 Å². The van der Waals surface area contributed by atoms with Gasteiger partial charge in [-0.15, -0.1) is 13.2 Å². The maximum absolute atomic E-state index is 12.1. The molecule has 22 heavy (non-hydrogen) atoms. The third kappa shape index (κ3) is 3.90. The zero-order valence-electron chi connectivity index (χ0n) is 11.4. The lowest BCUT2D eigenvalue weighted by Gasteiger charge is -2.36. The highest BCUT2D eigenvalue weighted by Gasteiger charge is 2.45. The molecule has 1 amide bonds. The standard InChI is InChI=1S/C14H14F3NO4/c15-14(16,17)22-10-4-1-3-9(7-10)18-11(19)8-13(12(20)21)5-2-6-13/h1,3-4,7H,2,5-6,8H2,(H,18,19)(H,20,21). The lowest BCUT2D eigenvalue weighted by Crippen LogP contribution is -2.41. The summed E-state index contributed by atoms with van der Waals surface area (Å²) in [6, 6.07) is 4.83. The van der Waals surface area contributed by atoms with Crippen LogP contribution in [0.5, 0.6) is 5.75 Å². The summed E-state index contributed by atoms with van der Waals surface area (Å²) in [7, 11) is 0. The molecular weight excluding hydrogens is 303 g/mol. The molecule has 0 heterocycles. The molecule has 0 spiro atoms. The largest absolute Gasteiger partial charge is 0.573 e. The molecule has 0 bridgehead atoms. The lowest BCUT2D eigenvalue weighted by molar-refractivity contribution is -0.274. The molecule has 1 aromatic carbocycles. The maximum atomic E-state index is 12.1. The van der Waals surface area contributed by atoms with E-state index in [9.17, 15) is 22.8 Å². The summed E-state index contributed by atoms with van der Waals surface area (Å²) in [5.74, 6) is -2.03. The van der Waals surface area contributed by atoms with E-state index in [1.54, 1.807) is 0 Å². The number of carboxylic acid groups (broad SMARTS) is 1. The summed E-state index contributed by atoms with van der Waals surface area (Å²) < 4.78 is 40.1. The Morgan fingerprint density at radius 1 is 1.32 bits per heavy atom. The Hall–Kier alpha value is -2.25. The molecule has 0 atom stereocenters. The van der Waals surface area contributed by atoms with Gasteiger partial charge in [0.2, 0.25) is 5.91 Å². The summed E-state index contributed by atoms with van der Waals surface area (Å²) >= 11 is 0. The quantitative estimate of drug-likeness (QED) is 0.874. The second-order valence-corrected chi connectivity index (χ2v) is 5.24. The fourth-order valence-corrected chi connectivity index (χ4v) is 2.35. The van der Waals surface area contributed by atoms with Crippen LogP contribution in [0.4, 0.5) is 18.9 Å². The average molecular weight is 317 g/mol. The van der Waals surface area contributed by atoms with E-state index in [0.717, 1.165) is 18.6 Å². The minimum absolute atomic E-state index is 0.117. The number of hydrogen-bond acceptors (Lipinski definition) is 3. The van der Waals surface area contributed by atoms with Crippen LogP contribution in [-0.4, -0.2) is 23.3 Å². The monoisotopic (exact) mass is 317 g/mol. The fourth-order valence-electron chi connectivity index (χ4n) is 2.35.